The number of fused-ring (bicyclic) bond motifs is 1. The second-order valence-corrected chi connectivity index (χ2v) is 7.57. The molecule has 0 radical (unpaired) electrons. The van der Waals surface area contributed by atoms with Gasteiger partial charge in [-0.25, -0.2) is 9.07 Å². The molecule has 6 nitrogen and oxygen atoms in total. The van der Waals surface area contributed by atoms with Gasteiger partial charge in [-0.2, -0.15) is 5.10 Å². The lowest BCUT2D eigenvalue weighted by Crippen LogP contribution is -2.32. The summed E-state index contributed by atoms with van der Waals surface area (Å²) in [5.41, 5.74) is 1.89. The highest BCUT2D eigenvalue weighted by Gasteiger charge is 2.28. The van der Waals surface area contributed by atoms with Crippen molar-refractivity contribution in [3.63, 3.8) is 0 Å². The summed E-state index contributed by atoms with van der Waals surface area (Å²) in [6.45, 7) is 3.50. The Morgan fingerprint density at radius 1 is 1.30 bits per heavy atom. The van der Waals surface area contributed by atoms with Crippen molar-refractivity contribution in [1.29, 1.82) is 0 Å². The molecule has 1 aromatic carbocycles. The Kier molecular flexibility index (Phi) is 5.30. The van der Waals surface area contributed by atoms with Gasteiger partial charge in [-0.05, 0) is 64.2 Å². The van der Waals surface area contributed by atoms with Crippen LogP contribution in [0.2, 0.25) is 0 Å². The third-order valence-electron chi connectivity index (χ3n) is 5.06. The highest BCUT2D eigenvalue weighted by molar-refractivity contribution is 5.94. The first kappa shape index (κ1) is 19.1. The number of nitrogens with zero attached hydrogens (tertiary/aromatic N) is 2. The minimum Gasteiger partial charge on any atom is -0.481 e. The molecule has 1 aromatic heterocycles. The molecule has 0 spiro atoms. The zero-order valence-corrected chi connectivity index (χ0v) is 15.6. The molecule has 0 unspecified atom stereocenters. The topological polar surface area (TPSA) is 84.2 Å². The van der Waals surface area contributed by atoms with E-state index in [1.807, 2.05) is 0 Å². The maximum absolute atomic E-state index is 13.6. The van der Waals surface area contributed by atoms with Gasteiger partial charge in [-0.1, -0.05) is 6.07 Å². The monoisotopic (exact) mass is 373 g/mol. The fourth-order valence-corrected chi connectivity index (χ4v) is 3.28. The van der Waals surface area contributed by atoms with Crippen LogP contribution in [0, 0.1) is 11.2 Å². The Bertz CT molecular complexity index is 873. The summed E-state index contributed by atoms with van der Waals surface area (Å²) in [6.07, 6.45) is 3.85. The van der Waals surface area contributed by atoms with Crippen LogP contribution in [-0.4, -0.2) is 33.3 Å². The van der Waals surface area contributed by atoms with E-state index in [0.29, 0.717) is 17.8 Å². The number of amides is 1. The molecule has 1 aliphatic carbocycles. The molecule has 144 valence electrons. The van der Waals surface area contributed by atoms with Crippen LogP contribution in [-0.2, 0) is 17.6 Å². The molecule has 7 heteroatoms. The average Bonchev–Trinajstić information content (AvgIpc) is 3.01. The van der Waals surface area contributed by atoms with Crippen molar-refractivity contribution in [2.24, 2.45) is 5.41 Å². The van der Waals surface area contributed by atoms with Crippen LogP contribution >= 0.6 is 0 Å². The smallest absolute Gasteiger partial charge is 0.309 e. The average molecular weight is 373 g/mol. The minimum atomic E-state index is -0.909. The largest absolute Gasteiger partial charge is 0.481 e. The Labute approximate surface area is 157 Å². The van der Waals surface area contributed by atoms with Crippen molar-refractivity contribution in [2.45, 2.75) is 46.0 Å². The number of benzene rings is 1. The zero-order chi connectivity index (χ0) is 19.6. The number of aliphatic carboxylic acids is 1. The first-order chi connectivity index (χ1) is 12.8. The van der Waals surface area contributed by atoms with Crippen molar-refractivity contribution < 1.29 is 19.1 Å². The second kappa shape index (κ2) is 7.50. The van der Waals surface area contributed by atoms with Crippen LogP contribution in [0.15, 0.2) is 24.3 Å². The molecule has 2 N–H and O–H groups in total. The predicted molar refractivity (Wildman–Crippen MR) is 98.5 cm³/mol. The third-order valence-corrected chi connectivity index (χ3v) is 5.06. The van der Waals surface area contributed by atoms with E-state index in [0.717, 1.165) is 36.9 Å². The van der Waals surface area contributed by atoms with Gasteiger partial charge in [0.1, 0.15) is 5.82 Å². The predicted octanol–water partition coefficient (Wildman–Crippen LogP) is 3.12. The fourth-order valence-electron chi connectivity index (χ4n) is 3.28. The van der Waals surface area contributed by atoms with Gasteiger partial charge in [0.25, 0.3) is 5.91 Å². The molecule has 0 aliphatic heterocycles. The summed E-state index contributed by atoms with van der Waals surface area (Å²) in [6, 6.07) is 6.16. The van der Waals surface area contributed by atoms with Gasteiger partial charge < -0.3 is 10.4 Å². The molecule has 1 aliphatic rings. The number of carboxylic acid groups (broad SMARTS) is 1. The van der Waals surface area contributed by atoms with Crippen LogP contribution in [0.5, 0.6) is 0 Å². The number of hydrogen-bond acceptors (Lipinski definition) is 3. The highest BCUT2D eigenvalue weighted by Crippen LogP contribution is 2.27. The van der Waals surface area contributed by atoms with E-state index in [9.17, 15) is 19.1 Å². The summed E-state index contributed by atoms with van der Waals surface area (Å²) < 4.78 is 15.3. The van der Waals surface area contributed by atoms with Crippen molar-refractivity contribution in [2.75, 3.05) is 6.54 Å². The van der Waals surface area contributed by atoms with E-state index < -0.39 is 11.4 Å². The van der Waals surface area contributed by atoms with Gasteiger partial charge in [-0.3, -0.25) is 9.59 Å². The number of nitrogens with one attached hydrogen (secondary N) is 1. The van der Waals surface area contributed by atoms with E-state index >= 15 is 0 Å². The van der Waals surface area contributed by atoms with Crippen molar-refractivity contribution in [3.8, 4) is 5.69 Å². The van der Waals surface area contributed by atoms with Crippen molar-refractivity contribution in [1.82, 2.24) is 15.1 Å². The molecule has 0 atom stereocenters. The molecular formula is C20H24FN3O3. The molecule has 0 fully saturated rings. The molecule has 3 rings (SSSR count). The Morgan fingerprint density at radius 2 is 2.04 bits per heavy atom. The molecule has 0 saturated carbocycles. The number of halogens is 1. The normalized spacial score (nSPS) is 13.9. The summed E-state index contributed by atoms with van der Waals surface area (Å²) >= 11 is 0. The number of aromatic nitrogens is 2. The number of carbonyl (C=O) groups is 2. The van der Waals surface area contributed by atoms with E-state index in [2.05, 4.69) is 10.4 Å². The number of rotatable bonds is 6. The lowest BCUT2D eigenvalue weighted by Gasteiger charge is -2.18. The summed E-state index contributed by atoms with van der Waals surface area (Å²) in [4.78, 5) is 23.9. The molecule has 1 heterocycles. The van der Waals surface area contributed by atoms with Crippen molar-refractivity contribution in [3.05, 3.63) is 47.0 Å². The second-order valence-electron chi connectivity index (χ2n) is 7.57. The lowest BCUT2D eigenvalue weighted by atomic mass is 9.89. The Morgan fingerprint density at radius 3 is 2.74 bits per heavy atom. The Balaban J connectivity index is 1.83. The minimum absolute atomic E-state index is 0.250. The standard InChI is InChI=1S/C20H24FN3O3/c1-20(2,19(26)27)10-11-22-18(25)17-15-8-3-4-9-16(15)24(23-17)14-7-5-6-13(21)12-14/h5-7,12H,3-4,8-11H2,1-2H3,(H,22,25)(H,26,27). The van der Waals surface area contributed by atoms with Gasteiger partial charge >= 0.3 is 5.97 Å². The molecule has 1 amide bonds. The SMILES string of the molecule is CC(C)(CCNC(=O)c1nn(-c2cccc(F)c2)c2c1CCCC2)C(=O)O. The maximum atomic E-state index is 13.6. The van der Waals surface area contributed by atoms with Gasteiger partial charge in [0.15, 0.2) is 5.69 Å². The van der Waals surface area contributed by atoms with E-state index in [1.54, 1.807) is 30.7 Å². The van der Waals surface area contributed by atoms with Gasteiger partial charge in [0, 0.05) is 17.8 Å². The first-order valence-electron chi connectivity index (χ1n) is 9.18. The van der Waals surface area contributed by atoms with Gasteiger partial charge in [0.2, 0.25) is 0 Å². The van der Waals surface area contributed by atoms with Crippen LogP contribution in [0.3, 0.4) is 0 Å². The van der Waals surface area contributed by atoms with E-state index in [1.165, 1.54) is 12.1 Å². The van der Waals surface area contributed by atoms with Crippen molar-refractivity contribution >= 4 is 11.9 Å². The first-order valence-corrected chi connectivity index (χ1v) is 9.18. The zero-order valence-electron chi connectivity index (χ0n) is 15.6. The summed E-state index contributed by atoms with van der Waals surface area (Å²) in [7, 11) is 0. The quantitative estimate of drug-likeness (QED) is 0.815. The molecule has 27 heavy (non-hydrogen) atoms. The van der Waals surface area contributed by atoms with Crippen LogP contribution in [0.4, 0.5) is 4.39 Å². The Hall–Kier alpha value is -2.70. The van der Waals surface area contributed by atoms with E-state index in [4.69, 9.17) is 0 Å². The number of hydrogen-bond donors (Lipinski definition) is 2. The molecule has 2 aromatic rings. The lowest BCUT2D eigenvalue weighted by molar-refractivity contribution is -0.147. The third kappa shape index (κ3) is 4.02. The fraction of sp³-hybridized carbons (Fsp3) is 0.450. The molecule has 0 bridgehead atoms. The maximum Gasteiger partial charge on any atom is 0.309 e. The van der Waals surface area contributed by atoms with Gasteiger partial charge in [-0.15, -0.1) is 0 Å². The number of carbonyl (C=O) groups excluding carboxylic acids is 1. The highest BCUT2D eigenvalue weighted by atomic mass is 19.1. The van der Waals surface area contributed by atoms with E-state index in [-0.39, 0.29) is 18.3 Å². The number of carboxylic acids is 1. The molecule has 0 saturated heterocycles. The van der Waals surface area contributed by atoms with Crippen LogP contribution in [0.1, 0.15) is 54.9 Å². The van der Waals surface area contributed by atoms with Gasteiger partial charge in [0.05, 0.1) is 11.1 Å². The summed E-state index contributed by atoms with van der Waals surface area (Å²) in [5.74, 6) is -1.57. The van der Waals surface area contributed by atoms with Crippen LogP contribution < -0.4 is 5.32 Å². The summed E-state index contributed by atoms with van der Waals surface area (Å²) in [5, 5.41) is 16.4. The van der Waals surface area contributed by atoms with Crippen LogP contribution in [0.25, 0.3) is 5.69 Å². The molecular weight excluding hydrogens is 349 g/mol.